The number of rotatable bonds is 7. The third-order valence-electron chi connectivity index (χ3n) is 3.86. The Hall–Kier alpha value is -3.32. The molecule has 0 fully saturated rings. The highest BCUT2D eigenvalue weighted by atomic mass is 16.1. The van der Waals surface area contributed by atoms with Crippen LogP contribution in [0.2, 0.25) is 0 Å². The number of allylic oxidation sites excluding steroid dienone is 5. The van der Waals surface area contributed by atoms with Gasteiger partial charge in [-0.25, -0.2) is 4.68 Å². The molecule has 0 unspecified atom stereocenters. The summed E-state index contributed by atoms with van der Waals surface area (Å²) in [4.78, 5) is 12.4. The highest BCUT2D eigenvalue weighted by Gasteiger charge is 2.10. The van der Waals surface area contributed by atoms with E-state index < -0.39 is 0 Å². The Balaban J connectivity index is 2.40. The number of hydrogen-bond acceptors (Lipinski definition) is 2. The molecule has 0 radical (unpaired) electrons. The van der Waals surface area contributed by atoms with Crippen LogP contribution in [0.4, 0.5) is 0 Å². The SMILES string of the molecule is C=C/C(C#Cc1cc(C(=O)NCCCC)ccc1-n1cccn1)=C\C=C/C. The van der Waals surface area contributed by atoms with Crippen molar-refractivity contribution < 1.29 is 4.79 Å². The summed E-state index contributed by atoms with van der Waals surface area (Å²) >= 11 is 0. The van der Waals surface area contributed by atoms with E-state index in [1.54, 1.807) is 23.0 Å². The van der Waals surface area contributed by atoms with Gasteiger partial charge in [0.1, 0.15) is 0 Å². The van der Waals surface area contributed by atoms with E-state index in [1.807, 2.05) is 49.5 Å². The molecule has 4 nitrogen and oxygen atoms in total. The predicted molar refractivity (Wildman–Crippen MR) is 111 cm³/mol. The molecule has 1 amide bonds. The average molecular weight is 359 g/mol. The molecular weight excluding hydrogens is 334 g/mol. The molecule has 27 heavy (non-hydrogen) atoms. The van der Waals surface area contributed by atoms with Crippen LogP contribution >= 0.6 is 0 Å². The third-order valence-corrected chi connectivity index (χ3v) is 3.86. The van der Waals surface area contributed by atoms with Gasteiger partial charge < -0.3 is 5.32 Å². The minimum atomic E-state index is -0.0908. The first-order valence-electron chi connectivity index (χ1n) is 9.09. The number of hydrogen-bond donors (Lipinski definition) is 1. The van der Waals surface area contributed by atoms with Crippen LogP contribution in [0.3, 0.4) is 0 Å². The van der Waals surface area contributed by atoms with Gasteiger partial charge in [-0.2, -0.15) is 5.10 Å². The first-order valence-corrected chi connectivity index (χ1v) is 9.09. The van der Waals surface area contributed by atoms with Crippen LogP contribution in [-0.4, -0.2) is 22.2 Å². The van der Waals surface area contributed by atoms with Crippen molar-refractivity contribution in [3.8, 4) is 17.5 Å². The molecule has 0 spiro atoms. The van der Waals surface area contributed by atoms with E-state index in [1.165, 1.54) is 0 Å². The summed E-state index contributed by atoms with van der Waals surface area (Å²) in [6, 6.07) is 7.33. The highest BCUT2D eigenvalue weighted by Crippen LogP contribution is 2.16. The van der Waals surface area contributed by atoms with Gasteiger partial charge in [-0.15, -0.1) is 0 Å². The summed E-state index contributed by atoms with van der Waals surface area (Å²) in [7, 11) is 0. The topological polar surface area (TPSA) is 46.9 Å². The second-order valence-electron chi connectivity index (χ2n) is 5.89. The van der Waals surface area contributed by atoms with Gasteiger partial charge in [-0.3, -0.25) is 4.79 Å². The number of carbonyl (C=O) groups is 1. The molecule has 0 atom stereocenters. The monoisotopic (exact) mass is 359 g/mol. The quantitative estimate of drug-likeness (QED) is 0.451. The summed E-state index contributed by atoms with van der Waals surface area (Å²) in [6.07, 6.45) is 13.0. The van der Waals surface area contributed by atoms with Crippen LogP contribution in [0.25, 0.3) is 5.69 Å². The van der Waals surface area contributed by atoms with Gasteiger partial charge in [0.05, 0.1) is 11.3 Å². The van der Waals surface area contributed by atoms with Gasteiger partial charge in [0.15, 0.2) is 0 Å². The number of amides is 1. The zero-order valence-electron chi connectivity index (χ0n) is 15.9. The van der Waals surface area contributed by atoms with Crippen LogP contribution in [-0.2, 0) is 0 Å². The fraction of sp³-hybridized carbons (Fsp3) is 0.217. The molecule has 1 heterocycles. The highest BCUT2D eigenvalue weighted by molar-refractivity contribution is 5.95. The van der Waals surface area contributed by atoms with Crippen LogP contribution in [0.1, 0.15) is 42.6 Å². The third kappa shape index (κ3) is 5.86. The average Bonchev–Trinajstić information content (AvgIpc) is 3.22. The summed E-state index contributed by atoms with van der Waals surface area (Å²) in [5.41, 5.74) is 2.95. The molecule has 1 aromatic carbocycles. The number of benzene rings is 1. The Bertz CT molecular complexity index is 893. The molecule has 1 aromatic heterocycles. The van der Waals surface area contributed by atoms with Gasteiger partial charge in [0, 0.05) is 30.1 Å². The van der Waals surface area contributed by atoms with Gasteiger partial charge in [0.2, 0.25) is 0 Å². The molecule has 0 aliphatic carbocycles. The fourth-order valence-corrected chi connectivity index (χ4v) is 2.37. The number of nitrogens with zero attached hydrogens (tertiary/aromatic N) is 2. The molecule has 138 valence electrons. The molecule has 1 N–H and O–H groups in total. The van der Waals surface area contributed by atoms with E-state index in [4.69, 9.17) is 0 Å². The maximum atomic E-state index is 12.4. The van der Waals surface area contributed by atoms with Crippen molar-refractivity contribution in [3.63, 3.8) is 0 Å². The lowest BCUT2D eigenvalue weighted by atomic mass is 10.1. The summed E-state index contributed by atoms with van der Waals surface area (Å²) < 4.78 is 1.74. The van der Waals surface area contributed by atoms with Crippen molar-refractivity contribution in [2.24, 2.45) is 0 Å². The molecule has 0 saturated carbocycles. The van der Waals surface area contributed by atoms with E-state index in [2.05, 4.69) is 35.8 Å². The van der Waals surface area contributed by atoms with Crippen molar-refractivity contribution in [2.45, 2.75) is 26.7 Å². The number of unbranched alkanes of at least 4 members (excludes halogenated alkanes) is 1. The summed E-state index contributed by atoms with van der Waals surface area (Å²) in [5, 5.41) is 7.22. The van der Waals surface area contributed by atoms with E-state index >= 15 is 0 Å². The fourth-order valence-electron chi connectivity index (χ4n) is 2.37. The molecule has 2 rings (SSSR count). The smallest absolute Gasteiger partial charge is 0.251 e. The van der Waals surface area contributed by atoms with Crippen LogP contribution in [0, 0.1) is 11.8 Å². The zero-order chi connectivity index (χ0) is 19.5. The normalized spacial score (nSPS) is 11.1. The van der Waals surface area contributed by atoms with E-state index in [9.17, 15) is 4.79 Å². The maximum Gasteiger partial charge on any atom is 0.251 e. The minimum Gasteiger partial charge on any atom is -0.352 e. The largest absolute Gasteiger partial charge is 0.352 e. The van der Waals surface area contributed by atoms with Crippen LogP contribution in [0.5, 0.6) is 0 Å². The maximum absolute atomic E-state index is 12.4. The Morgan fingerprint density at radius 1 is 1.41 bits per heavy atom. The second kappa shape index (κ2) is 10.6. The van der Waals surface area contributed by atoms with Gasteiger partial charge in [-0.1, -0.05) is 50.0 Å². The van der Waals surface area contributed by atoms with E-state index in [0.29, 0.717) is 12.1 Å². The van der Waals surface area contributed by atoms with E-state index in [0.717, 1.165) is 29.7 Å². The number of nitrogens with one attached hydrogen (secondary N) is 1. The van der Waals surface area contributed by atoms with Crippen molar-refractivity contribution in [3.05, 3.63) is 84.2 Å². The molecule has 4 heteroatoms. The Morgan fingerprint density at radius 3 is 2.93 bits per heavy atom. The number of aromatic nitrogens is 2. The molecule has 0 saturated heterocycles. The van der Waals surface area contributed by atoms with Crippen molar-refractivity contribution in [1.29, 1.82) is 0 Å². The standard InChI is InChI=1S/C23H25N3O/c1-4-7-10-19(6-3)11-12-20-18-21(23(27)24-15-8-5-2)13-14-22(20)26-17-9-16-25-26/h4,6-7,9-10,13-14,16-18H,3,5,8,15H2,1-2H3,(H,24,27)/b7-4-,19-10+. The van der Waals surface area contributed by atoms with Gasteiger partial charge >= 0.3 is 0 Å². The lowest BCUT2D eigenvalue weighted by molar-refractivity contribution is 0.0953. The Labute approximate surface area is 161 Å². The van der Waals surface area contributed by atoms with Crippen LogP contribution in [0.15, 0.2) is 73.1 Å². The van der Waals surface area contributed by atoms with Gasteiger partial charge in [0.25, 0.3) is 5.91 Å². The first kappa shape index (κ1) is 20.0. The van der Waals surface area contributed by atoms with Gasteiger partial charge in [-0.05, 0) is 43.7 Å². The summed E-state index contributed by atoms with van der Waals surface area (Å²) in [6.45, 7) is 8.51. The van der Waals surface area contributed by atoms with Crippen molar-refractivity contribution in [2.75, 3.05) is 6.54 Å². The zero-order valence-corrected chi connectivity index (χ0v) is 15.9. The van der Waals surface area contributed by atoms with E-state index in [-0.39, 0.29) is 5.91 Å². The number of carbonyl (C=O) groups excluding carboxylic acids is 1. The molecule has 2 aromatic rings. The second-order valence-corrected chi connectivity index (χ2v) is 5.89. The predicted octanol–water partition coefficient (Wildman–Crippen LogP) is 4.44. The Kier molecular flexibility index (Phi) is 7.87. The lowest BCUT2D eigenvalue weighted by Gasteiger charge is -2.09. The Morgan fingerprint density at radius 2 is 2.26 bits per heavy atom. The summed E-state index contributed by atoms with van der Waals surface area (Å²) in [5.74, 6) is 6.18. The molecule has 0 bridgehead atoms. The molecule has 0 aliphatic rings. The van der Waals surface area contributed by atoms with Crippen LogP contribution < -0.4 is 5.32 Å². The van der Waals surface area contributed by atoms with Crippen molar-refractivity contribution >= 4 is 5.91 Å². The minimum absolute atomic E-state index is 0.0908. The van der Waals surface area contributed by atoms with Crippen molar-refractivity contribution in [1.82, 2.24) is 15.1 Å². The molecule has 0 aliphatic heterocycles. The lowest BCUT2D eigenvalue weighted by Crippen LogP contribution is -2.24. The molecular formula is C23H25N3O. The first-order chi connectivity index (χ1) is 13.2.